The lowest BCUT2D eigenvalue weighted by Crippen LogP contribution is -2.27. The van der Waals surface area contributed by atoms with Gasteiger partial charge >= 0.3 is 0 Å². The van der Waals surface area contributed by atoms with Gasteiger partial charge in [-0.05, 0) is 25.2 Å². The van der Waals surface area contributed by atoms with Crippen LogP contribution in [0.1, 0.15) is 65.6 Å². The molecule has 0 saturated carbocycles. The fourth-order valence-corrected chi connectivity index (χ4v) is 3.17. The van der Waals surface area contributed by atoms with Crippen LogP contribution in [0.15, 0.2) is 6.07 Å². The van der Waals surface area contributed by atoms with E-state index in [4.69, 9.17) is 16.6 Å². The predicted molar refractivity (Wildman–Crippen MR) is 90.2 cm³/mol. The summed E-state index contributed by atoms with van der Waals surface area (Å²) in [5, 5.41) is 0.555. The monoisotopic (exact) mass is 309 g/mol. The average molecular weight is 310 g/mol. The van der Waals surface area contributed by atoms with Gasteiger partial charge in [-0.15, -0.1) is 0 Å². The van der Waals surface area contributed by atoms with E-state index in [1.807, 2.05) is 6.07 Å². The Kier molecular flexibility index (Phi) is 5.48. The van der Waals surface area contributed by atoms with Crippen LogP contribution in [0.25, 0.3) is 0 Å². The zero-order chi connectivity index (χ0) is 15.5. The lowest BCUT2D eigenvalue weighted by Gasteiger charge is -2.24. The van der Waals surface area contributed by atoms with Gasteiger partial charge in [0.1, 0.15) is 16.8 Å². The van der Waals surface area contributed by atoms with E-state index in [-0.39, 0.29) is 5.41 Å². The number of hydrogen-bond donors (Lipinski definition) is 0. The van der Waals surface area contributed by atoms with Gasteiger partial charge in [0.2, 0.25) is 0 Å². The third-order valence-corrected chi connectivity index (χ3v) is 4.41. The van der Waals surface area contributed by atoms with E-state index in [0.29, 0.717) is 5.15 Å². The molecule has 2 heterocycles. The Labute approximate surface area is 134 Å². The molecule has 118 valence electrons. The number of nitrogens with zero attached hydrogens (tertiary/aromatic N) is 3. The molecule has 3 nitrogen and oxygen atoms in total. The minimum absolute atomic E-state index is 0.0732. The molecule has 1 fully saturated rings. The molecule has 0 spiro atoms. The van der Waals surface area contributed by atoms with Crippen molar-refractivity contribution in [2.75, 3.05) is 18.0 Å². The van der Waals surface area contributed by atoms with Crippen LogP contribution in [0.5, 0.6) is 0 Å². The highest BCUT2D eigenvalue weighted by molar-refractivity contribution is 6.29. The van der Waals surface area contributed by atoms with Crippen LogP contribution in [0.2, 0.25) is 5.15 Å². The molecule has 0 amide bonds. The Morgan fingerprint density at radius 1 is 1.24 bits per heavy atom. The molecule has 1 unspecified atom stereocenters. The zero-order valence-corrected chi connectivity index (χ0v) is 14.6. The van der Waals surface area contributed by atoms with Crippen molar-refractivity contribution in [2.24, 2.45) is 5.92 Å². The van der Waals surface area contributed by atoms with Gasteiger partial charge in [-0.25, -0.2) is 9.97 Å². The summed E-state index contributed by atoms with van der Waals surface area (Å²) < 4.78 is 0. The first-order chi connectivity index (χ1) is 9.90. The highest BCUT2D eigenvalue weighted by atomic mass is 35.5. The summed E-state index contributed by atoms with van der Waals surface area (Å²) in [5.74, 6) is 2.70. The van der Waals surface area contributed by atoms with Crippen LogP contribution in [0.4, 0.5) is 5.82 Å². The van der Waals surface area contributed by atoms with E-state index in [9.17, 15) is 0 Å². The summed E-state index contributed by atoms with van der Waals surface area (Å²) in [7, 11) is 0. The first-order valence-electron chi connectivity index (χ1n) is 8.20. The van der Waals surface area contributed by atoms with E-state index in [0.717, 1.165) is 30.6 Å². The van der Waals surface area contributed by atoms with Crippen molar-refractivity contribution in [1.82, 2.24) is 9.97 Å². The second-order valence-corrected chi connectivity index (χ2v) is 7.58. The molecule has 0 radical (unpaired) electrons. The van der Waals surface area contributed by atoms with Crippen LogP contribution >= 0.6 is 11.6 Å². The molecule has 21 heavy (non-hydrogen) atoms. The zero-order valence-electron chi connectivity index (χ0n) is 13.8. The lowest BCUT2D eigenvalue weighted by molar-refractivity contribution is 0.435. The summed E-state index contributed by atoms with van der Waals surface area (Å²) in [5.41, 5.74) is -0.0732. The molecule has 4 heteroatoms. The predicted octanol–water partition coefficient (Wildman–Crippen LogP) is 4.83. The van der Waals surface area contributed by atoms with E-state index in [2.05, 4.69) is 37.6 Å². The standard InChI is InChI=1S/C17H28ClN3/c1-5-7-13-8-6-10-21(11-9-13)15-12-14(18)19-16(20-15)17(2,3)4/h12-13H,5-11H2,1-4H3. The van der Waals surface area contributed by atoms with Crippen LogP contribution < -0.4 is 4.90 Å². The molecule has 0 N–H and O–H groups in total. The fraction of sp³-hybridized carbons (Fsp3) is 0.765. The summed E-state index contributed by atoms with van der Waals surface area (Å²) in [6, 6.07) is 1.91. The maximum atomic E-state index is 6.22. The topological polar surface area (TPSA) is 29.0 Å². The Balaban J connectivity index is 2.16. The minimum Gasteiger partial charge on any atom is -0.356 e. The molecule has 1 aromatic rings. The summed E-state index contributed by atoms with van der Waals surface area (Å²) in [6.45, 7) is 10.8. The van der Waals surface area contributed by atoms with E-state index >= 15 is 0 Å². The van der Waals surface area contributed by atoms with Gasteiger partial charge in [-0.2, -0.15) is 0 Å². The van der Waals surface area contributed by atoms with Crippen molar-refractivity contribution in [2.45, 2.75) is 65.2 Å². The third kappa shape index (κ3) is 4.57. The molecular weight excluding hydrogens is 282 g/mol. The van der Waals surface area contributed by atoms with Crippen LogP contribution in [-0.2, 0) is 5.41 Å². The van der Waals surface area contributed by atoms with Crippen molar-refractivity contribution in [3.63, 3.8) is 0 Å². The maximum absolute atomic E-state index is 6.22. The average Bonchev–Trinajstić information content (AvgIpc) is 2.63. The van der Waals surface area contributed by atoms with Gasteiger partial charge in [0.15, 0.2) is 0 Å². The van der Waals surface area contributed by atoms with Crippen LogP contribution in [0, 0.1) is 5.92 Å². The Morgan fingerprint density at radius 2 is 2.00 bits per heavy atom. The number of hydrogen-bond acceptors (Lipinski definition) is 3. The molecule has 1 saturated heterocycles. The Morgan fingerprint density at radius 3 is 2.67 bits per heavy atom. The molecule has 0 aliphatic carbocycles. The van der Waals surface area contributed by atoms with E-state index in [1.165, 1.54) is 32.1 Å². The fourth-order valence-electron chi connectivity index (χ4n) is 2.99. The smallest absolute Gasteiger partial charge is 0.137 e. The van der Waals surface area contributed by atoms with E-state index < -0.39 is 0 Å². The normalized spacial score (nSPS) is 20.4. The van der Waals surface area contributed by atoms with Crippen molar-refractivity contribution >= 4 is 17.4 Å². The molecule has 1 atom stereocenters. The highest BCUT2D eigenvalue weighted by Crippen LogP contribution is 2.27. The molecule has 0 aromatic carbocycles. The van der Waals surface area contributed by atoms with E-state index in [1.54, 1.807) is 0 Å². The lowest BCUT2D eigenvalue weighted by atomic mass is 9.96. The Bertz CT molecular complexity index is 468. The molecule has 2 rings (SSSR count). The van der Waals surface area contributed by atoms with Gasteiger partial charge in [0, 0.05) is 24.6 Å². The number of anilines is 1. The van der Waals surface area contributed by atoms with Crippen LogP contribution in [-0.4, -0.2) is 23.1 Å². The van der Waals surface area contributed by atoms with Crippen LogP contribution in [0.3, 0.4) is 0 Å². The largest absolute Gasteiger partial charge is 0.356 e. The minimum atomic E-state index is -0.0732. The van der Waals surface area contributed by atoms with Crippen molar-refractivity contribution < 1.29 is 0 Å². The number of halogens is 1. The van der Waals surface area contributed by atoms with Crippen molar-refractivity contribution in [3.05, 3.63) is 17.0 Å². The first-order valence-corrected chi connectivity index (χ1v) is 8.58. The summed E-state index contributed by atoms with van der Waals surface area (Å²) >= 11 is 6.22. The molecule has 1 aliphatic heterocycles. The van der Waals surface area contributed by atoms with Gasteiger partial charge in [0.05, 0.1) is 0 Å². The molecule has 0 bridgehead atoms. The maximum Gasteiger partial charge on any atom is 0.137 e. The molecular formula is C17H28ClN3. The van der Waals surface area contributed by atoms with Gasteiger partial charge < -0.3 is 4.90 Å². The summed E-state index contributed by atoms with van der Waals surface area (Å²) in [6.07, 6.45) is 6.50. The van der Waals surface area contributed by atoms with Gasteiger partial charge in [-0.1, -0.05) is 52.1 Å². The summed E-state index contributed by atoms with van der Waals surface area (Å²) in [4.78, 5) is 11.6. The number of rotatable bonds is 3. The molecule has 1 aliphatic rings. The quantitative estimate of drug-likeness (QED) is 0.749. The second kappa shape index (κ2) is 6.95. The van der Waals surface area contributed by atoms with Crippen molar-refractivity contribution in [3.8, 4) is 0 Å². The third-order valence-electron chi connectivity index (χ3n) is 4.22. The van der Waals surface area contributed by atoms with Crippen molar-refractivity contribution in [1.29, 1.82) is 0 Å². The van der Waals surface area contributed by atoms with Gasteiger partial charge in [-0.3, -0.25) is 0 Å². The van der Waals surface area contributed by atoms with Gasteiger partial charge in [0.25, 0.3) is 0 Å². The first kappa shape index (κ1) is 16.5. The second-order valence-electron chi connectivity index (χ2n) is 7.20. The SMILES string of the molecule is CCCC1CCCN(c2cc(Cl)nc(C(C)(C)C)n2)CC1. The molecule has 1 aromatic heterocycles. The highest BCUT2D eigenvalue weighted by Gasteiger charge is 2.22. The number of aromatic nitrogens is 2. The Hall–Kier alpha value is -0.830.